The third-order valence-corrected chi connectivity index (χ3v) is 3.22. The van der Waals surface area contributed by atoms with Crippen LogP contribution in [0.5, 0.6) is 0 Å². The molecule has 1 heterocycles. The lowest BCUT2D eigenvalue weighted by atomic mass is 10.0. The van der Waals surface area contributed by atoms with Crippen molar-refractivity contribution in [1.82, 2.24) is 0 Å². The predicted molar refractivity (Wildman–Crippen MR) is 70.2 cm³/mol. The van der Waals surface area contributed by atoms with E-state index in [9.17, 15) is 9.59 Å². The van der Waals surface area contributed by atoms with E-state index in [1.54, 1.807) is 29.2 Å². The second kappa shape index (κ2) is 5.30. The minimum atomic E-state index is -0.421. The summed E-state index contributed by atoms with van der Waals surface area (Å²) in [5.74, 6) is -0.149. The van der Waals surface area contributed by atoms with Crippen LogP contribution in [0.15, 0.2) is 24.3 Å². The van der Waals surface area contributed by atoms with E-state index in [0.29, 0.717) is 17.9 Å². The van der Waals surface area contributed by atoms with Gasteiger partial charge in [-0.3, -0.25) is 4.90 Å². The number of hydrogen-bond donors (Lipinski definition) is 0. The Balaban J connectivity index is 2.34. The van der Waals surface area contributed by atoms with E-state index < -0.39 is 5.97 Å². The van der Waals surface area contributed by atoms with Crippen molar-refractivity contribution in [2.75, 3.05) is 18.6 Å². The zero-order valence-electron chi connectivity index (χ0n) is 11.3. The third kappa shape index (κ3) is 2.54. The van der Waals surface area contributed by atoms with E-state index in [2.05, 4.69) is 4.74 Å². The van der Waals surface area contributed by atoms with Crippen LogP contribution in [0.4, 0.5) is 10.5 Å². The summed E-state index contributed by atoms with van der Waals surface area (Å²) in [5.41, 5.74) is 1.08. The van der Waals surface area contributed by atoms with Gasteiger partial charge in [0.05, 0.1) is 18.7 Å². The van der Waals surface area contributed by atoms with Gasteiger partial charge in [0, 0.05) is 5.69 Å². The Morgan fingerprint density at radius 2 is 2.21 bits per heavy atom. The first kappa shape index (κ1) is 13.4. The summed E-state index contributed by atoms with van der Waals surface area (Å²) in [6.45, 7) is 4.44. The number of rotatable bonds is 3. The van der Waals surface area contributed by atoms with Crippen molar-refractivity contribution in [1.29, 1.82) is 0 Å². The number of ether oxygens (including phenoxy) is 2. The van der Waals surface area contributed by atoms with Crippen LogP contribution in [-0.2, 0) is 9.47 Å². The first-order valence-corrected chi connectivity index (χ1v) is 6.19. The second-order valence-electron chi connectivity index (χ2n) is 4.80. The maximum atomic E-state index is 11.8. The summed E-state index contributed by atoms with van der Waals surface area (Å²) >= 11 is 0. The summed E-state index contributed by atoms with van der Waals surface area (Å²) in [6.07, 6.45) is -0.374. The molecule has 0 aliphatic carbocycles. The SMILES string of the molecule is COC(=O)c1cccc(N2C(=O)OCC2C(C)C)c1. The Bertz CT molecular complexity index is 498. The molecule has 1 amide bonds. The normalized spacial score (nSPS) is 18.6. The van der Waals surface area contributed by atoms with Crippen LogP contribution in [0.25, 0.3) is 0 Å². The molecule has 0 radical (unpaired) electrons. The molecule has 1 aliphatic heterocycles. The topological polar surface area (TPSA) is 55.8 Å². The molecule has 1 unspecified atom stereocenters. The molecule has 1 aliphatic rings. The van der Waals surface area contributed by atoms with Gasteiger partial charge in [-0.2, -0.15) is 0 Å². The molecule has 1 fully saturated rings. The van der Waals surface area contributed by atoms with Crippen molar-refractivity contribution < 1.29 is 19.1 Å². The van der Waals surface area contributed by atoms with Crippen LogP contribution in [0, 0.1) is 5.92 Å². The van der Waals surface area contributed by atoms with Gasteiger partial charge in [0.2, 0.25) is 0 Å². The van der Waals surface area contributed by atoms with Crippen LogP contribution in [0.1, 0.15) is 24.2 Å². The molecule has 1 aromatic carbocycles. The Kier molecular flexibility index (Phi) is 3.74. The number of anilines is 1. The van der Waals surface area contributed by atoms with Gasteiger partial charge in [-0.1, -0.05) is 19.9 Å². The van der Waals surface area contributed by atoms with Gasteiger partial charge in [0.15, 0.2) is 0 Å². The number of nitrogens with zero attached hydrogens (tertiary/aromatic N) is 1. The van der Waals surface area contributed by atoms with Crippen molar-refractivity contribution >= 4 is 17.7 Å². The van der Waals surface area contributed by atoms with Crippen molar-refractivity contribution in [2.45, 2.75) is 19.9 Å². The van der Waals surface area contributed by atoms with Gasteiger partial charge in [-0.15, -0.1) is 0 Å². The molecule has 1 saturated heterocycles. The Morgan fingerprint density at radius 1 is 1.47 bits per heavy atom. The molecule has 102 valence electrons. The summed E-state index contributed by atoms with van der Waals surface area (Å²) in [7, 11) is 1.33. The van der Waals surface area contributed by atoms with Gasteiger partial charge in [0.1, 0.15) is 6.61 Å². The van der Waals surface area contributed by atoms with Crippen molar-refractivity contribution in [2.24, 2.45) is 5.92 Å². The first-order chi connectivity index (χ1) is 9.04. The summed E-state index contributed by atoms with van der Waals surface area (Å²) in [5, 5.41) is 0. The minimum absolute atomic E-state index is 0.0135. The van der Waals surface area contributed by atoms with E-state index in [4.69, 9.17) is 4.74 Å². The Hall–Kier alpha value is -2.04. The average Bonchev–Trinajstić information content (AvgIpc) is 2.80. The first-order valence-electron chi connectivity index (χ1n) is 6.19. The monoisotopic (exact) mass is 263 g/mol. The molecular formula is C14H17NO4. The molecule has 2 rings (SSSR count). The lowest BCUT2D eigenvalue weighted by Crippen LogP contribution is -2.37. The zero-order chi connectivity index (χ0) is 14.0. The Morgan fingerprint density at radius 3 is 2.84 bits per heavy atom. The molecule has 0 saturated carbocycles. The van der Waals surface area contributed by atoms with Crippen LogP contribution in [0.3, 0.4) is 0 Å². The maximum absolute atomic E-state index is 11.8. The maximum Gasteiger partial charge on any atom is 0.414 e. The van der Waals surface area contributed by atoms with Crippen molar-refractivity contribution in [3.63, 3.8) is 0 Å². The van der Waals surface area contributed by atoms with Gasteiger partial charge < -0.3 is 9.47 Å². The number of carbonyl (C=O) groups excluding carboxylic acids is 2. The quantitative estimate of drug-likeness (QED) is 0.786. The van der Waals surface area contributed by atoms with E-state index in [1.807, 2.05) is 13.8 Å². The van der Waals surface area contributed by atoms with Gasteiger partial charge in [-0.05, 0) is 24.1 Å². The largest absolute Gasteiger partial charge is 0.465 e. The zero-order valence-corrected chi connectivity index (χ0v) is 11.3. The molecule has 0 bridgehead atoms. The fraction of sp³-hybridized carbons (Fsp3) is 0.429. The predicted octanol–water partition coefficient (Wildman–Crippen LogP) is 2.45. The molecule has 5 heteroatoms. The molecule has 5 nitrogen and oxygen atoms in total. The third-order valence-electron chi connectivity index (χ3n) is 3.22. The van der Waals surface area contributed by atoms with Crippen LogP contribution >= 0.6 is 0 Å². The average molecular weight is 263 g/mol. The highest BCUT2D eigenvalue weighted by atomic mass is 16.6. The number of hydrogen-bond acceptors (Lipinski definition) is 4. The molecule has 19 heavy (non-hydrogen) atoms. The summed E-state index contributed by atoms with van der Waals surface area (Å²) in [6, 6.07) is 6.80. The van der Waals surface area contributed by atoms with Gasteiger partial charge in [-0.25, -0.2) is 9.59 Å². The van der Waals surface area contributed by atoms with Crippen molar-refractivity contribution in [3.05, 3.63) is 29.8 Å². The summed E-state index contributed by atoms with van der Waals surface area (Å²) < 4.78 is 9.77. The smallest absolute Gasteiger partial charge is 0.414 e. The van der Waals surface area contributed by atoms with Crippen LogP contribution < -0.4 is 4.90 Å². The minimum Gasteiger partial charge on any atom is -0.465 e. The highest BCUT2D eigenvalue weighted by Crippen LogP contribution is 2.27. The van der Waals surface area contributed by atoms with Crippen LogP contribution in [-0.4, -0.2) is 31.8 Å². The summed E-state index contributed by atoms with van der Waals surface area (Å²) in [4.78, 5) is 24.9. The molecular weight excluding hydrogens is 246 g/mol. The number of cyclic esters (lactones) is 1. The van der Waals surface area contributed by atoms with E-state index in [-0.39, 0.29) is 18.1 Å². The highest BCUT2D eigenvalue weighted by molar-refractivity contribution is 5.94. The Labute approximate surface area is 112 Å². The standard InChI is InChI=1S/C14H17NO4/c1-9(2)12-8-19-14(17)15(12)11-6-4-5-10(7-11)13(16)18-3/h4-7,9,12H,8H2,1-3H3. The molecule has 1 atom stereocenters. The highest BCUT2D eigenvalue weighted by Gasteiger charge is 2.36. The second-order valence-corrected chi connectivity index (χ2v) is 4.80. The van der Waals surface area contributed by atoms with E-state index in [1.165, 1.54) is 7.11 Å². The molecule has 0 N–H and O–H groups in total. The number of carbonyl (C=O) groups is 2. The number of amides is 1. The number of methoxy groups -OCH3 is 1. The molecule has 0 spiro atoms. The molecule has 0 aromatic heterocycles. The fourth-order valence-corrected chi connectivity index (χ4v) is 2.12. The molecule has 1 aromatic rings. The van der Waals surface area contributed by atoms with Gasteiger partial charge >= 0.3 is 12.1 Å². The van der Waals surface area contributed by atoms with Gasteiger partial charge in [0.25, 0.3) is 0 Å². The lowest BCUT2D eigenvalue weighted by Gasteiger charge is -2.24. The van der Waals surface area contributed by atoms with Crippen molar-refractivity contribution in [3.8, 4) is 0 Å². The van der Waals surface area contributed by atoms with E-state index >= 15 is 0 Å². The van der Waals surface area contributed by atoms with E-state index in [0.717, 1.165) is 0 Å². The number of esters is 1. The lowest BCUT2D eigenvalue weighted by molar-refractivity contribution is 0.0600. The fourth-order valence-electron chi connectivity index (χ4n) is 2.12. The van der Waals surface area contributed by atoms with Crippen LogP contribution in [0.2, 0.25) is 0 Å². The number of benzene rings is 1.